The van der Waals surface area contributed by atoms with Crippen molar-refractivity contribution in [2.75, 3.05) is 62.7 Å². The number of ether oxygens (including phenoxy) is 1. The van der Waals surface area contributed by atoms with Crippen molar-refractivity contribution in [1.29, 1.82) is 5.26 Å². The number of fused-ring (bicyclic) bond motifs is 2. The van der Waals surface area contributed by atoms with Gasteiger partial charge in [0.1, 0.15) is 29.0 Å². The lowest BCUT2D eigenvalue weighted by molar-refractivity contribution is -0.727. The quantitative estimate of drug-likeness (QED) is 0.306. The molecule has 1 N–H and O–H groups in total. The number of anilines is 2. The number of hydrogen-bond donors (Lipinski definition) is 1. The zero-order valence-corrected chi connectivity index (χ0v) is 25.3. The van der Waals surface area contributed by atoms with Gasteiger partial charge in [-0.15, -0.1) is 5.01 Å². The number of carbonyl (C=O) groups excluding carboxylic acids is 1. The number of nitrogens with zero attached hydrogens (tertiary/aromatic N) is 8. The van der Waals surface area contributed by atoms with E-state index >= 15 is 0 Å². The van der Waals surface area contributed by atoms with E-state index in [1.807, 2.05) is 23.1 Å². The zero-order chi connectivity index (χ0) is 30.4. The van der Waals surface area contributed by atoms with Crippen LogP contribution in [0.2, 0.25) is 0 Å². The number of carbonyl (C=O) groups is 1. The fourth-order valence-corrected chi connectivity index (χ4v) is 6.92. The summed E-state index contributed by atoms with van der Waals surface area (Å²) in [6.07, 6.45) is 2.72. The molecule has 12 heteroatoms. The molecule has 12 nitrogen and oxygen atoms in total. The van der Waals surface area contributed by atoms with Crippen LogP contribution in [0.15, 0.2) is 36.4 Å². The Morgan fingerprint density at radius 1 is 1.11 bits per heavy atom. The van der Waals surface area contributed by atoms with Crippen LogP contribution in [0, 0.1) is 23.2 Å². The number of nitriles is 1. The normalized spacial score (nSPS) is 23.5. The summed E-state index contributed by atoms with van der Waals surface area (Å²) in [5, 5.41) is 16.5. The second-order valence-corrected chi connectivity index (χ2v) is 12.3. The minimum absolute atomic E-state index is 0.175. The van der Waals surface area contributed by atoms with E-state index in [0.29, 0.717) is 57.3 Å². The topological polar surface area (TPSA) is 131 Å². The van der Waals surface area contributed by atoms with Gasteiger partial charge in [0, 0.05) is 36.6 Å². The Hall–Kier alpha value is -4.34. The molecule has 0 unspecified atom stereocenters. The number of rotatable bonds is 8. The van der Waals surface area contributed by atoms with Crippen molar-refractivity contribution >= 4 is 28.2 Å². The predicted molar refractivity (Wildman–Crippen MR) is 166 cm³/mol. The first kappa shape index (κ1) is 28.4. The van der Waals surface area contributed by atoms with Gasteiger partial charge in [-0.1, -0.05) is 30.3 Å². The Labute approximate surface area is 256 Å². The first-order valence-corrected chi connectivity index (χ1v) is 15.5. The number of nitroso groups, excluding NO2 is 1. The molecule has 3 atom stereocenters. The predicted octanol–water partition coefficient (Wildman–Crippen LogP) is 2.64. The molecule has 1 amide bonds. The highest BCUT2D eigenvalue weighted by Gasteiger charge is 2.46. The van der Waals surface area contributed by atoms with E-state index in [0.717, 1.165) is 51.8 Å². The maximum Gasteiger partial charge on any atom is 0.319 e. The molecule has 4 aliphatic rings. The van der Waals surface area contributed by atoms with Crippen LogP contribution in [0.5, 0.6) is 6.01 Å². The summed E-state index contributed by atoms with van der Waals surface area (Å²) in [6, 6.07) is 14.6. The molecule has 0 aliphatic carbocycles. The van der Waals surface area contributed by atoms with Crippen LogP contribution < -0.4 is 19.9 Å². The van der Waals surface area contributed by atoms with Crippen LogP contribution in [0.4, 0.5) is 11.5 Å². The third kappa shape index (κ3) is 5.20. The van der Waals surface area contributed by atoms with Crippen molar-refractivity contribution < 1.29 is 14.4 Å². The van der Waals surface area contributed by atoms with Gasteiger partial charge in [0.15, 0.2) is 0 Å². The van der Waals surface area contributed by atoms with Crippen molar-refractivity contribution in [2.24, 2.45) is 0 Å². The smallest absolute Gasteiger partial charge is 0.319 e. The molecule has 0 spiro atoms. The van der Waals surface area contributed by atoms with E-state index in [2.05, 4.69) is 53.4 Å². The average Bonchev–Trinajstić information content (AvgIpc) is 3.81. The maximum atomic E-state index is 14.3. The number of piperazine rings is 1. The number of amides is 1. The molecule has 7 rings (SSSR count). The second-order valence-electron chi connectivity index (χ2n) is 12.3. The molecule has 2 aromatic carbocycles. The molecule has 44 heavy (non-hydrogen) atoms. The van der Waals surface area contributed by atoms with Crippen molar-refractivity contribution in [2.45, 2.75) is 50.9 Å². The summed E-state index contributed by atoms with van der Waals surface area (Å²) < 4.78 is 6.22. The maximum absolute atomic E-state index is 14.3. The van der Waals surface area contributed by atoms with Crippen molar-refractivity contribution in [3.63, 3.8) is 0 Å². The molecule has 0 bridgehead atoms. The third-order valence-electron chi connectivity index (χ3n) is 9.44. The minimum atomic E-state index is -0.301. The Bertz CT molecular complexity index is 1650. The molecular formula is C32H38N9O3+. The summed E-state index contributed by atoms with van der Waals surface area (Å²) in [5.41, 5.74) is 3.13. The largest absolute Gasteiger partial charge is 0.462 e. The Balaban J connectivity index is 1.24. The second kappa shape index (κ2) is 11.6. The molecule has 3 saturated heterocycles. The van der Waals surface area contributed by atoms with Crippen LogP contribution in [-0.2, 0) is 6.42 Å². The lowest BCUT2D eigenvalue weighted by atomic mass is 9.99. The van der Waals surface area contributed by atoms with E-state index in [-0.39, 0.29) is 36.6 Å². The van der Waals surface area contributed by atoms with Crippen molar-refractivity contribution in [3.05, 3.63) is 58.1 Å². The number of aryl methyl sites for hydroxylation is 1. The molecule has 3 fully saturated rings. The van der Waals surface area contributed by atoms with Crippen LogP contribution >= 0.6 is 0 Å². The molecule has 5 heterocycles. The van der Waals surface area contributed by atoms with Gasteiger partial charge in [-0.2, -0.15) is 15.2 Å². The fourth-order valence-electron chi connectivity index (χ4n) is 6.92. The summed E-state index contributed by atoms with van der Waals surface area (Å²) in [4.78, 5) is 44.1. The molecule has 0 radical (unpaired) electrons. The summed E-state index contributed by atoms with van der Waals surface area (Å²) in [7, 11) is 2.10. The molecule has 0 saturated carbocycles. The number of benzene rings is 2. The first-order valence-electron chi connectivity index (χ1n) is 15.5. The highest BCUT2D eigenvalue weighted by atomic mass is 16.5. The number of likely N-dealkylation sites (tertiary alicyclic amines) is 1. The van der Waals surface area contributed by atoms with Crippen LogP contribution in [0.3, 0.4) is 0 Å². The summed E-state index contributed by atoms with van der Waals surface area (Å²) >= 11 is 0. The SMILES string of the molecule is Cc1cccc2cccc(N3CCc4c(nc(OC[C@@H]5CCCN5C)nc4N4CCN([N+](=O)[C@H]5CN5)[C@@H](CC#N)C4)C3=O)c12. The zero-order valence-electron chi connectivity index (χ0n) is 25.3. The lowest BCUT2D eigenvalue weighted by Gasteiger charge is -2.38. The summed E-state index contributed by atoms with van der Waals surface area (Å²) in [6.45, 7) is 6.10. The van der Waals surface area contributed by atoms with E-state index < -0.39 is 0 Å². The van der Waals surface area contributed by atoms with E-state index in [1.54, 1.807) is 5.01 Å². The molecule has 228 valence electrons. The van der Waals surface area contributed by atoms with E-state index in [1.165, 1.54) is 0 Å². The molecule has 3 aromatic rings. The number of nitrogens with one attached hydrogen (secondary N) is 1. The van der Waals surface area contributed by atoms with E-state index in [9.17, 15) is 15.0 Å². The monoisotopic (exact) mass is 596 g/mol. The highest BCUT2D eigenvalue weighted by molar-refractivity contribution is 6.12. The highest BCUT2D eigenvalue weighted by Crippen LogP contribution is 2.36. The standard InChI is InChI=1S/C32H38N9O3/c1-21-6-3-7-22-8-4-10-26(28(21)22)39-15-12-25-29(31(39)42)35-32(44-20-24-9-5-14-37(24)2)36-30(25)38-16-17-40(23(19-38)11-13-33)41(43)27-18-34-27/h3-4,6-8,10,23-24,27,34H,5,9,11-12,14-20H2,1-2H3/q+1/t23-,24-,27-/m0/s1. The van der Waals surface area contributed by atoms with Gasteiger partial charge in [0.05, 0.1) is 36.2 Å². The van der Waals surface area contributed by atoms with Gasteiger partial charge in [0.2, 0.25) is 0 Å². The Morgan fingerprint density at radius 2 is 1.93 bits per heavy atom. The Kier molecular flexibility index (Phi) is 7.52. The molecular weight excluding hydrogens is 558 g/mol. The van der Waals surface area contributed by atoms with Crippen LogP contribution in [0.25, 0.3) is 10.8 Å². The van der Waals surface area contributed by atoms with E-state index in [4.69, 9.17) is 14.7 Å². The molecule has 4 aliphatic heterocycles. The van der Waals surface area contributed by atoms with Crippen LogP contribution in [0.1, 0.15) is 40.9 Å². The van der Waals surface area contributed by atoms with Gasteiger partial charge in [-0.3, -0.25) is 4.79 Å². The van der Waals surface area contributed by atoms with Crippen molar-refractivity contribution in [1.82, 2.24) is 25.2 Å². The lowest BCUT2D eigenvalue weighted by Crippen LogP contribution is -2.57. The number of aromatic nitrogens is 2. The van der Waals surface area contributed by atoms with Gasteiger partial charge >= 0.3 is 12.2 Å². The average molecular weight is 597 g/mol. The first-order chi connectivity index (χ1) is 21.4. The number of hydrazine groups is 1. The number of likely N-dealkylation sites (N-methyl/N-ethyl adjacent to an activating group) is 1. The van der Waals surface area contributed by atoms with Gasteiger partial charge in [-0.25, -0.2) is 5.32 Å². The van der Waals surface area contributed by atoms with Gasteiger partial charge < -0.3 is 19.4 Å². The molecule has 1 aromatic heterocycles. The van der Waals surface area contributed by atoms with Crippen molar-refractivity contribution in [3.8, 4) is 12.1 Å². The fraction of sp³-hybridized carbons (Fsp3) is 0.500. The number of hydrogen-bond acceptors (Lipinski definition) is 9. The Morgan fingerprint density at radius 3 is 2.68 bits per heavy atom. The minimum Gasteiger partial charge on any atom is -0.462 e. The third-order valence-corrected chi connectivity index (χ3v) is 9.44. The van der Waals surface area contributed by atoms with Crippen LogP contribution in [-0.4, -0.2) is 102 Å². The summed E-state index contributed by atoms with van der Waals surface area (Å²) in [5.74, 6) is 0.489. The van der Waals surface area contributed by atoms with Gasteiger partial charge in [0.25, 0.3) is 5.91 Å². The van der Waals surface area contributed by atoms with Gasteiger partial charge in [-0.05, 0) is 56.8 Å².